The lowest BCUT2D eigenvalue weighted by atomic mass is 10.1. The first kappa shape index (κ1) is 12.7. The normalized spacial score (nSPS) is 12.1. The molecular formula is C13H19NO2. The van der Waals surface area contributed by atoms with E-state index >= 15 is 0 Å². The van der Waals surface area contributed by atoms with Crippen LogP contribution in [0.1, 0.15) is 25.3 Å². The third-order valence-corrected chi connectivity index (χ3v) is 2.56. The maximum absolute atomic E-state index is 11.5. The number of carbonyl (C=O) groups excluding carboxylic acids is 1. The van der Waals surface area contributed by atoms with E-state index in [0.29, 0.717) is 6.42 Å². The smallest absolute Gasteiger partial charge is 0.220 e. The molecule has 0 aromatic heterocycles. The summed E-state index contributed by atoms with van der Waals surface area (Å²) < 4.78 is 0. The van der Waals surface area contributed by atoms with Crippen LogP contribution in [0, 0.1) is 0 Å². The second-order valence-electron chi connectivity index (χ2n) is 3.84. The predicted molar refractivity (Wildman–Crippen MR) is 64.1 cm³/mol. The van der Waals surface area contributed by atoms with Crippen molar-refractivity contribution in [3.05, 3.63) is 35.9 Å². The molecule has 1 atom stereocenters. The highest BCUT2D eigenvalue weighted by atomic mass is 16.3. The summed E-state index contributed by atoms with van der Waals surface area (Å²) in [5.74, 6) is 0.00440. The van der Waals surface area contributed by atoms with Gasteiger partial charge in [-0.25, -0.2) is 0 Å². The fraction of sp³-hybridized carbons (Fsp3) is 0.462. The van der Waals surface area contributed by atoms with Crippen LogP contribution in [0.2, 0.25) is 0 Å². The van der Waals surface area contributed by atoms with E-state index in [1.54, 1.807) is 0 Å². The van der Waals surface area contributed by atoms with E-state index in [4.69, 9.17) is 5.11 Å². The van der Waals surface area contributed by atoms with Gasteiger partial charge in [0.15, 0.2) is 0 Å². The van der Waals surface area contributed by atoms with Crippen LogP contribution in [0.15, 0.2) is 30.3 Å². The zero-order valence-corrected chi connectivity index (χ0v) is 9.65. The number of aliphatic hydroxyl groups excluding tert-OH is 1. The standard InChI is InChI=1S/C13H19NO2/c1-2-12(10-15)14-13(16)9-8-11-6-4-3-5-7-11/h3-7,12,15H,2,8-10H2,1H3,(H,14,16)/t12-/m0/s1. The molecule has 1 rings (SSSR count). The number of amides is 1. The molecule has 0 spiro atoms. The lowest BCUT2D eigenvalue weighted by Crippen LogP contribution is -2.36. The Morgan fingerprint density at radius 1 is 1.38 bits per heavy atom. The van der Waals surface area contributed by atoms with Crippen LogP contribution in [0.5, 0.6) is 0 Å². The van der Waals surface area contributed by atoms with Gasteiger partial charge in [-0.3, -0.25) is 4.79 Å². The summed E-state index contributed by atoms with van der Waals surface area (Å²) in [5, 5.41) is 11.7. The van der Waals surface area contributed by atoms with Crippen molar-refractivity contribution in [3.8, 4) is 0 Å². The molecule has 0 aliphatic rings. The van der Waals surface area contributed by atoms with Crippen molar-refractivity contribution in [1.82, 2.24) is 5.32 Å². The zero-order chi connectivity index (χ0) is 11.8. The van der Waals surface area contributed by atoms with Crippen molar-refractivity contribution in [2.45, 2.75) is 32.2 Å². The number of benzene rings is 1. The molecule has 0 saturated heterocycles. The lowest BCUT2D eigenvalue weighted by molar-refractivity contribution is -0.122. The fourth-order valence-corrected chi connectivity index (χ4v) is 1.48. The average Bonchev–Trinajstić information content (AvgIpc) is 2.34. The van der Waals surface area contributed by atoms with Gasteiger partial charge in [0.05, 0.1) is 12.6 Å². The molecule has 0 aliphatic carbocycles. The summed E-state index contributed by atoms with van der Waals surface area (Å²) in [4.78, 5) is 11.5. The molecule has 1 aromatic carbocycles. The van der Waals surface area contributed by atoms with Crippen molar-refractivity contribution < 1.29 is 9.90 Å². The van der Waals surface area contributed by atoms with E-state index in [1.165, 1.54) is 0 Å². The predicted octanol–water partition coefficient (Wildman–Crippen LogP) is 1.51. The molecule has 0 radical (unpaired) electrons. The molecular weight excluding hydrogens is 202 g/mol. The Morgan fingerprint density at radius 3 is 2.62 bits per heavy atom. The van der Waals surface area contributed by atoms with E-state index in [9.17, 15) is 4.79 Å². The van der Waals surface area contributed by atoms with Crippen LogP contribution in [-0.4, -0.2) is 23.7 Å². The van der Waals surface area contributed by atoms with E-state index < -0.39 is 0 Å². The summed E-state index contributed by atoms with van der Waals surface area (Å²) in [6.45, 7) is 1.95. The second-order valence-corrected chi connectivity index (χ2v) is 3.84. The van der Waals surface area contributed by atoms with Gasteiger partial charge >= 0.3 is 0 Å². The minimum atomic E-state index is -0.108. The Kier molecular flexibility index (Phi) is 5.57. The molecule has 0 heterocycles. The quantitative estimate of drug-likeness (QED) is 0.765. The minimum absolute atomic E-state index is 0.00440. The van der Waals surface area contributed by atoms with E-state index in [-0.39, 0.29) is 18.6 Å². The van der Waals surface area contributed by atoms with Gasteiger partial charge in [0.1, 0.15) is 0 Å². The van der Waals surface area contributed by atoms with Gasteiger partial charge in [0.25, 0.3) is 0 Å². The number of rotatable bonds is 6. The van der Waals surface area contributed by atoms with Crippen LogP contribution in [0.25, 0.3) is 0 Å². The average molecular weight is 221 g/mol. The van der Waals surface area contributed by atoms with Crippen LogP contribution < -0.4 is 5.32 Å². The first-order valence-electron chi connectivity index (χ1n) is 5.70. The van der Waals surface area contributed by atoms with Gasteiger partial charge < -0.3 is 10.4 Å². The zero-order valence-electron chi connectivity index (χ0n) is 9.65. The van der Waals surface area contributed by atoms with Crippen molar-refractivity contribution in [2.24, 2.45) is 0 Å². The fourth-order valence-electron chi connectivity index (χ4n) is 1.48. The molecule has 0 fully saturated rings. The van der Waals surface area contributed by atoms with Crippen LogP contribution in [0.4, 0.5) is 0 Å². The molecule has 0 saturated carbocycles. The third kappa shape index (κ3) is 4.45. The van der Waals surface area contributed by atoms with Gasteiger partial charge in [-0.1, -0.05) is 37.3 Å². The molecule has 0 bridgehead atoms. The Hall–Kier alpha value is -1.35. The second kappa shape index (κ2) is 7.01. The van der Waals surface area contributed by atoms with Crippen LogP contribution in [0.3, 0.4) is 0 Å². The Labute approximate surface area is 96.5 Å². The maximum atomic E-state index is 11.5. The molecule has 1 aromatic rings. The van der Waals surface area contributed by atoms with Crippen LogP contribution >= 0.6 is 0 Å². The third-order valence-electron chi connectivity index (χ3n) is 2.56. The molecule has 0 unspecified atom stereocenters. The number of carbonyl (C=O) groups is 1. The van der Waals surface area contributed by atoms with Crippen molar-refractivity contribution in [2.75, 3.05) is 6.61 Å². The monoisotopic (exact) mass is 221 g/mol. The van der Waals surface area contributed by atoms with Gasteiger partial charge in [-0.2, -0.15) is 0 Å². The molecule has 3 heteroatoms. The number of hydrogen-bond donors (Lipinski definition) is 2. The SMILES string of the molecule is CC[C@@H](CO)NC(=O)CCc1ccccc1. The van der Waals surface area contributed by atoms with Crippen molar-refractivity contribution in [1.29, 1.82) is 0 Å². The van der Waals surface area contributed by atoms with Gasteiger partial charge in [-0.15, -0.1) is 0 Å². The summed E-state index contributed by atoms with van der Waals surface area (Å²) >= 11 is 0. The maximum Gasteiger partial charge on any atom is 0.220 e. The van der Waals surface area contributed by atoms with Crippen molar-refractivity contribution >= 4 is 5.91 Å². The summed E-state index contributed by atoms with van der Waals surface area (Å²) in [7, 11) is 0. The Morgan fingerprint density at radius 2 is 2.06 bits per heavy atom. The number of aliphatic hydroxyl groups is 1. The van der Waals surface area contributed by atoms with E-state index in [2.05, 4.69) is 5.32 Å². The van der Waals surface area contributed by atoms with Gasteiger partial charge in [0, 0.05) is 6.42 Å². The van der Waals surface area contributed by atoms with Gasteiger partial charge in [-0.05, 0) is 18.4 Å². The Balaban J connectivity index is 2.30. The summed E-state index contributed by atoms with van der Waals surface area (Å²) in [6.07, 6.45) is 1.97. The van der Waals surface area contributed by atoms with Gasteiger partial charge in [0.2, 0.25) is 5.91 Å². The number of hydrogen-bond acceptors (Lipinski definition) is 2. The van der Waals surface area contributed by atoms with Crippen molar-refractivity contribution in [3.63, 3.8) is 0 Å². The molecule has 1 amide bonds. The van der Waals surface area contributed by atoms with Crippen LogP contribution in [-0.2, 0) is 11.2 Å². The largest absolute Gasteiger partial charge is 0.394 e. The minimum Gasteiger partial charge on any atom is -0.394 e. The highest BCUT2D eigenvalue weighted by molar-refractivity contribution is 5.76. The summed E-state index contributed by atoms with van der Waals surface area (Å²) in [5.41, 5.74) is 1.16. The highest BCUT2D eigenvalue weighted by Gasteiger charge is 2.08. The topological polar surface area (TPSA) is 49.3 Å². The van der Waals surface area contributed by atoms with E-state index in [1.807, 2.05) is 37.3 Å². The molecule has 16 heavy (non-hydrogen) atoms. The molecule has 88 valence electrons. The highest BCUT2D eigenvalue weighted by Crippen LogP contribution is 2.02. The Bertz CT molecular complexity index is 307. The number of nitrogens with one attached hydrogen (secondary N) is 1. The lowest BCUT2D eigenvalue weighted by Gasteiger charge is -2.13. The molecule has 2 N–H and O–H groups in total. The summed E-state index contributed by atoms with van der Waals surface area (Å²) in [6, 6.07) is 9.81. The number of aryl methyl sites for hydroxylation is 1. The molecule has 3 nitrogen and oxygen atoms in total. The molecule has 0 aliphatic heterocycles. The first-order chi connectivity index (χ1) is 7.76. The van der Waals surface area contributed by atoms with E-state index in [0.717, 1.165) is 18.4 Å². The first-order valence-corrected chi connectivity index (χ1v) is 5.70.